The molecule has 2 heterocycles. The largest absolute Gasteiger partial charge is 0.271 e. The Hall–Kier alpha value is -1.41. The third kappa shape index (κ3) is 4.54. The van der Waals surface area contributed by atoms with Crippen LogP contribution in [0.5, 0.6) is 0 Å². The average Bonchev–Trinajstić information content (AvgIpc) is 2.97. The highest BCUT2D eigenvalue weighted by atomic mass is 32.2. The SMILES string of the molecule is CC(C)Cc1cnc(NS(=O)(=O)c2cnn(CC(C)C)c2)s1. The summed E-state index contributed by atoms with van der Waals surface area (Å²) in [6.07, 6.45) is 5.54. The average molecular weight is 342 g/mol. The smallest absolute Gasteiger partial charge is 0.266 e. The fraction of sp³-hybridized carbons (Fsp3) is 0.571. The van der Waals surface area contributed by atoms with Crippen molar-refractivity contribution in [3.05, 3.63) is 23.5 Å². The Morgan fingerprint density at radius 3 is 2.59 bits per heavy atom. The number of hydrogen-bond donors (Lipinski definition) is 1. The van der Waals surface area contributed by atoms with Gasteiger partial charge in [0.25, 0.3) is 10.0 Å². The molecular weight excluding hydrogens is 320 g/mol. The van der Waals surface area contributed by atoms with E-state index >= 15 is 0 Å². The van der Waals surface area contributed by atoms with Crippen molar-refractivity contribution in [3.8, 4) is 0 Å². The van der Waals surface area contributed by atoms with E-state index in [1.807, 2.05) is 0 Å². The van der Waals surface area contributed by atoms with Crippen LogP contribution in [0, 0.1) is 11.8 Å². The Balaban J connectivity index is 2.10. The van der Waals surface area contributed by atoms with Crippen molar-refractivity contribution in [2.45, 2.75) is 45.6 Å². The second kappa shape index (κ2) is 6.78. The number of sulfonamides is 1. The third-order valence-electron chi connectivity index (χ3n) is 2.86. The lowest BCUT2D eigenvalue weighted by molar-refractivity contribution is 0.482. The van der Waals surface area contributed by atoms with Gasteiger partial charge >= 0.3 is 0 Å². The van der Waals surface area contributed by atoms with Crippen LogP contribution in [0.1, 0.15) is 32.6 Å². The first-order valence-electron chi connectivity index (χ1n) is 7.26. The highest BCUT2D eigenvalue weighted by molar-refractivity contribution is 7.93. The molecule has 0 bridgehead atoms. The first-order chi connectivity index (χ1) is 10.3. The van der Waals surface area contributed by atoms with E-state index < -0.39 is 10.0 Å². The molecule has 0 radical (unpaired) electrons. The van der Waals surface area contributed by atoms with Gasteiger partial charge in [0.05, 0.1) is 6.20 Å². The summed E-state index contributed by atoms with van der Waals surface area (Å²) >= 11 is 1.37. The van der Waals surface area contributed by atoms with Crippen molar-refractivity contribution in [1.29, 1.82) is 0 Å². The molecule has 0 aliphatic heterocycles. The highest BCUT2D eigenvalue weighted by Crippen LogP contribution is 2.23. The minimum atomic E-state index is -3.63. The molecule has 6 nitrogen and oxygen atoms in total. The number of nitrogens with one attached hydrogen (secondary N) is 1. The van der Waals surface area contributed by atoms with Crippen molar-refractivity contribution in [2.75, 3.05) is 4.72 Å². The standard InChI is InChI=1S/C14H22N4O2S2/c1-10(2)5-12-6-15-14(21-12)17-22(19,20)13-7-16-18(9-13)8-11(3)4/h6-7,9-11H,5,8H2,1-4H3,(H,15,17). The molecule has 122 valence electrons. The minimum absolute atomic E-state index is 0.161. The number of hydrogen-bond acceptors (Lipinski definition) is 5. The number of rotatable bonds is 7. The Bertz CT molecular complexity index is 717. The summed E-state index contributed by atoms with van der Waals surface area (Å²) in [7, 11) is -3.63. The maximum absolute atomic E-state index is 12.3. The first kappa shape index (κ1) is 17.0. The van der Waals surface area contributed by atoms with Gasteiger partial charge < -0.3 is 0 Å². The quantitative estimate of drug-likeness (QED) is 0.839. The van der Waals surface area contributed by atoms with Crippen LogP contribution in [0.4, 0.5) is 5.13 Å². The van der Waals surface area contributed by atoms with E-state index in [0.717, 1.165) is 11.3 Å². The van der Waals surface area contributed by atoms with Crippen LogP contribution in [0.25, 0.3) is 0 Å². The summed E-state index contributed by atoms with van der Waals surface area (Å²) in [6.45, 7) is 9.03. The lowest BCUT2D eigenvalue weighted by Gasteiger charge is -2.04. The van der Waals surface area contributed by atoms with Crippen molar-refractivity contribution in [3.63, 3.8) is 0 Å². The van der Waals surface area contributed by atoms with E-state index in [2.05, 4.69) is 42.5 Å². The fourth-order valence-electron chi connectivity index (χ4n) is 1.98. The maximum Gasteiger partial charge on any atom is 0.266 e. The minimum Gasteiger partial charge on any atom is -0.271 e. The molecule has 0 aromatic carbocycles. The molecule has 0 spiro atoms. The summed E-state index contributed by atoms with van der Waals surface area (Å²) < 4.78 is 28.8. The molecule has 0 atom stereocenters. The lowest BCUT2D eigenvalue weighted by Crippen LogP contribution is -2.12. The summed E-state index contributed by atoms with van der Waals surface area (Å²) in [6, 6.07) is 0. The number of aromatic nitrogens is 3. The zero-order chi connectivity index (χ0) is 16.3. The first-order valence-corrected chi connectivity index (χ1v) is 9.56. The molecule has 22 heavy (non-hydrogen) atoms. The van der Waals surface area contributed by atoms with Crippen LogP contribution in [0.15, 0.2) is 23.5 Å². The molecule has 8 heteroatoms. The molecular formula is C14H22N4O2S2. The molecule has 1 N–H and O–H groups in total. The normalized spacial score (nSPS) is 12.3. The lowest BCUT2D eigenvalue weighted by atomic mass is 10.1. The molecule has 0 aliphatic rings. The zero-order valence-corrected chi connectivity index (χ0v) is 14.9. The van der Waals surface area contributed by atoms with Gasteiger partial charge in [0.1, 0.15) is 4.90 Å². The van der Waals surface area contributed by atoms with Crippen molar-refractivity contribution in [1.82, 2.24) is 14.8 Å². The van der Waals surface area contributed by atoms with Crippen LogP contribution in [-0.2, 0) is 23.0 Å². The predicted octanol–water partition coefficient (Wildman–Crippen LogP) is 2.99. The Labute approximate surface area is 135 Å². The number of nitrogens with zero attached hydrogens (tertiary/aromatic N) is 3. The van der Waals surface area contributed by atoms with E-state index in [-0.39, 0.29) is 4.90 Å². The van der Waals surface area contributed by atoms with Gasteiger partial charge in [-0.15, -0.1) is 11.3 Å². The van der Waals surface area contributed by atoms with Crippen LogP contribution in [0.2, 0.25) is 0 Å². The summed E-state index contributed by atoms with van der Waals surface area (Å²) in [5.74, 6) is 0.917. The molecule has 0 fully saturated rings. The molecule has 0 saturated carbocycles. The predicted molar refractivity (Wildman–Crippen MR) is 88.5 cm³/mol. The molecule has 0 aliphatic carbocycles. The maximum atomic E-state index is 12.3. The van der Waals surface area contributed by atoms with Crippen molar-refractivity contribution < 1.29 is 8.42 Å². The third-order valence-corrected chi connectivity index (χ3v) is 5.21. The van der Waals surface area contributed by atoms with Gasteiger partial charge in [0.2, 0.25) is 0 Å². The second-order valence-corrected chi connectivity index (χ2v) is 8.92. The number of anilines is 1. The molecule has 0 unspecified atom stereocenters. The molecule has 2 aromatic heterocycles. The van der Waals surface area contributed by atoms with E-state index in [1.54, 1.807) is 17.1 Å². The second-order valence-electron chi connectivity index (χ2n) is 6.13. The van der Waals surface area contributed by atoms with Gasteiger partial charge in [-0.1, -0.05) is 27.7 Å². The van der Waals surface area contributed by atoms with Crippen LogP contribution >= 0.6 is 11.3 Å². The molecule has 0 amide bonds. The fourth-order valence-corrected chi connectivity index (χ4v) is 4.20. The van der Waals surface area contributed by atoms with Gasteiger partial charge in [-0.3, -0.25) is 9.40 Å². The van der Waals surface area contributed by atoms with Gasteiger partial charge in [-0.25, -0.2) is 13.4 Å². The zero-order valence-electron chi connectivity index (χ0n) is 13.3. The molecule has 0 saturated heterocycles. The molecule has 2 aromatic rings. The Morgan fingerprint density at radius 2 is 1.95 bits per heavy atom. The Morgan fingerprint density at radius 1 is 1.23 bits per heavy atom. The van der Waals surface area contributed by atoms with E-state index in [0.29, 0.717) is 23.5 Å². The van der Waals surface area contributed by atoms with Gasteiger partial charge in [0.15, 0.2) is 5.13 Å². The summed E-state index contributed by atoms with van der Waals surface area (Å²) in [5.41, 5.74) is 0. The van der Waals surface area contributed by atoms with E-state index in [1.165, 1.54) is 17.5 Å². The number of thiazole rings is 1. The van der Waals surface area contributed by atoms with Crippen LogP contribution in [-0.4, -0.2) is 23.2 Å². The monoisotopic (exact) mass is 342 g/mol. The van der Waals surface area contributed by atoms with Crippen molar-refractivity contribution >= 4 is 26.5 Å². The topological polar surface area (TPSA) is 76.9 Å². The van der Waals surface area contributed by atoms with E-state index in [9.17, 15) is 8.42 Å². The Kier molecular flexibility index (Phi) is 5.23. The molecule has 2 rings (SSSR count). The van der Waals surface area contributed by atoms with Crippen molar-refractivity contribution in [2.24, 2.45) is 11.8 Å². The summed E-state index contributed by atoms with van der Waals surface area (Å²) in [5, 5.41) is 4.48. The van der Waals surface area contributed by atoms with Crippen LogP contribution in [0.3, 0.4) is 0 Å². The highest BCUT2D eigenvalue weighted by Gasteiger charge is 2.18. The summed E-state index contributed by atoms with van der Waals surface area (Å²) in [4.78, 5) is 5.37. The van der Waals surface area contributed by atoms with Gasteiger partial charge in [-0.05, 0) is 18.3 Å². The van der Waals surface area contributed by atoms with E-state index in [4.69, 9.17) is 0 Å². The van der Waals surface area contributed by atoms with Gasteiger partial charge in [0, 0.05) is 23.8 Å². The van der Waals surface area contributed by atoms with Gasteiger partial charge in [-0.2, -0.15) is 5.10 Å². The van der Waals surface area contributed by atoms with Crippen LogP contribution < -0.4 is 4.72 Å².